The van der Waals surface area contributed by atoms with E-state index in [0.29, 0.717) is 22.1 Å². The summed E-state index contributed by atoms with van der Waals surface area (Å²) in [5.74, 6) is 0.695. The van der Waals surface area contributed by atoms with Crippen LogP contribution in [0.15, 0.2) is 47.5 Å². The summed E-state index contributed by atoms with van der Waals surface area (Å²) in [4.78, 5) is 20.9. The van der Waals surface area contributed by atoms with E-state index in [1.807, 2.05) is 25.1 Å². The highest BCUT2D eigenvalue weighted by Gasteiger charge is 2.14. The van der Waals surface area contributed by atoms with E-state index in [0.717, 1.165) is 10.9 Å². The molecular formula is C21H20N4OS. The smallest absolute Gasteiger partial charge is 0.230 e. The molecular weight excluding hydrogens is 356 g/mol. The predicted molar refractivity (Wildman–Crippen MR) is 107 cm³/mol. The van der Waals surface area contributed by atoms with Gasteiger partial charge in [0.05, 0.1) is 17.5 Å². The first-order valence-electron chi connectivity index (χ1n) is 8.64. The Hall–Kier alpha value is -2.91. The number of carbonyl (C=O) groups excluding carboxylic acids is 1. The number of hydrogen-bond acceptors (Lipinski definition) is 5. The van der Waals surface area contributed by atoms with Crippen molar-refractivity contribution in [2.75, 3.05) is 5.75 Å². The Kier molecular flexibility index (Phi) is 5.72. The summed E-state index contributed by atoms with van der Waals surface area (Å²) in [5.41, 5.74) is 2.12. The first-order valence-corrected chi connectivity index (χ1v) is 9.62. The second-order valence-corrected chi connectivity index (χ2v) is 7.30. The van der Waals surface area contributed by atoms with Crippen LogP contribution < -0.4 is 5.32 Å². The van der Waals surface area contributed by atoms with Gasteiger partial charge in [-0.1, -0.05) is 48.2 Å². The summed E-state index contributed by atoms with van der Waals surface area (Å²) < 4.78 is 0. The first kappa shape index (κ1) is 18.9. The largest absolute Gasteiger partial charge is 0.349 e. The third-order valence-corrected chi connectivity index (χ3v) is 5.25. The molecule has 0 spiro atoms. The normalized spacial score (nSPS) is 11.8. The SMILES string of the molecule is Cc1nc(C)c(C#N)c(SCC(=O)NC(C)c2ccc3ccccc3c2)n1. The minimum atomic E-state index is -0.105. The number of aryl methyl sites for hydroxylation is 2. The molecule has 3 rings (SSSR count). The topological polar surface area (TPSA) is 78.7 Å². The zero-order chi connectivity index (χ0) is 19.4. The molecule has 5 nitrogen and oxygen atoms in total. The van der Waals surface area contributed by atoms with Crippen LogP contribution in [0.3, 0.4) is 0 Å². The standard InChI is InChI=1S/C21H20N4OS/c1-13(17-9-8-16-6-4-5-7-18(16)10-17)24-20(26)12-27-21-19(11-22)14(2)23-15(3)25-21/h4-10,13H,12H2,1-3H3,(H,24,26). The molecule has 136 valence electrons. The van der Waals surface area contributed by atoms with Crippen molar-refractivity contribution < 1.29 is 4.79 Å². The van der Waals surface area contributed by atoms with E-state index in [4.69, 9.17) is 0 Å². The molecule has 1 unspecified atom stereocenters. The van der Waals surface area contributed by atoms with Crippen molar-refractivity contribution in [3.8, 4) is 6.07 Å². The summed E-state index contributed by atoms with van der Waals surface area (Å²) in [6.07, 6.45) is 0. The van der Waals surface area contributed by atoms with Crippen molar-refractivity contribution in [2.24, 2.45) is 0 Å². The Bertz CT molecular complexity index is 1040. The quantitative estimate of drug-likeness (QED) is 0.536. The molecule has 3 aromatic rings. The molecule has 0 aliphatic rings. The minimum Gasteiger partial charge on any atom is -0.349 e. The van der Waals surface area contributed by atoms with Crippen LogP contribution in [-0.2, 0) is 4.79 Å². The van der Waals surface area contributed by atoms with E-state index in [1.165, 1.54) is 17.1 Å². The van der Waals surface area contributed by atoms with E-state index >= 15 is 0 Å². The van der Waals surface area contributed by atoms with Crippen LogP contribution >= 0.6 is 11.8 Å². The van der Waals surface area contributed by atoms with Crippen LogP contribution in [0.25, 0.3) is 10.8 Å². The molecule has 0 saturated carbocycles. The monoisotopic (exact) mass is 376 g/mol. The van der Waals surface area contributed by atoms with Gasteiger partial charge in [0.25, 0.3) is 0 Å². The van der Waals surface area contributed by atoms with Gasteiger partial charge in [-0.3, -0.25) is 4.79 Å². The average molecular weight is 376 g/mol. The second-order valence-electron chi connectivity index (χ2n) is 6.33. The molecule has 0 saturated heterocycles. The van der Waals surface area contributed by atoms with Crippen LogP contribution in [0.5, 0.6) is 0 Å². The summed E-state index contributed by atoms with van der Waals surface area (Å²) in [6, 6.07) is 16.4. The van der Waals surface area contributed by atoms with Crippen molar-refractivity contribution in [2.45, 2.75) is 31.8 Å². The van der Waals surface area contributed by atoms with Crippen LogP contribution in [0.1, 0.15) is 35.6 Å². The predicted octanol–water partition coefficient (Wildman–Crippen LogP) is 4.09. The lowest BCUT2D eigenvalue weighted by Gasteiger charge is -2.15. The molecule has 1 amide bonds. The van der Waals surface area contributed by atoms with Gasteiger partial charge in [0.1, 0.15) is 22.5 Å². The molecule has 1 N–H and O–H groups in total. The maximum absolute atomic E-state index is 12.4. The number of nitrogens with one attached hydrogen (secondary N) is 1. The number of rotatable bonds is 5. The number of thioether (sulfide) groups is 1. The van der Waals surface area contributed by atoms with Crippen LogP contribution in [0, 0.1) is 25.2 Å². The third kappa shape index (κ3) is 4.44. The summed E-state index contributed by atoms with van der Waals surface area (Å²) in [7, 11) is 0. The fourth-order valence-electron chi connectivity index (χ4n) is 2.89. The van der Waals surface area contributed by atoms with Crippen molar-refractivity contribution in [1.82, 2.24) is 15.3 Å². The van der Waals surface area contributed by atoms with Crippen molar-refractivity contribution >= 4 is 28.4 Å². The minimum absolute atomic E-state index is 0.0986. The number of amides is 1. The molecule has 1 aromatic heterocycles. The highest BCUT2D eigenvalue weighted by atomic mass is 32.2. The van der Waals surface area contributed by atoms with E-state index in [1.54, 1.807) is 13.8 Å². The maximum atomic E-state index is 12.4. The Labute approximate surface area is 162 Å². The highest BCUT2D eigenvalue weighted by molar-refractivity contribution is 8.00. The van der Waals surface area contributed by atoms with Gasteiger partial charge in [-0.25, -0.2) is 9.97 Å². The summed E-state index contributed by atoms with van der Waals surface area (Å²) in [6.45, 7) is 5.52. The Morgan fingerprint density at radius 1 is 1.19 bits per heavy atom. The molecule has 27 heavy (non-hydrogen) atoms. The lowest BCUT2D eigenvalue weighted by Crippen LogP contribution is -2.28. The molecule has 0 aliphatic heterocycles. The van der Waals surface area contributed by atoms with Crippen molar-refractivity contribution in [1.29, 1.82) is 5.26 Å². The molecule has 6 heteroatoms. The van der Waals surface area contributed by atoms with Crippen molar-refractivity contribution in [3.05, 3.63) is 65.1 Å². The molecule has 0 bridgehead atoms. The van der Waals surface area contributed by atoms with Crippen molar-refractivity contribution in [3.63, 3.8) is 0 Å². The maximum Gasteiger partial charge on any atom is 0.230 e. The Morgan fingerprint density at radius 3 is 2.67 bits per heavy atom. The molecule has 2 aromatic carbocycles. The number of carbonyl (C=O) groups is 1. The van der Waals surface area contributed by atoms with Gasteiger partial charge in [0.2, 0.25) is 5.91 Å². The van der Waals surface area contributed by atoms with Crippen LogP contribution in [0.4, 0.5) is 0 Å². The second kappa shape index (κ2) is 8.19. The van der Waals surface area contributed by atoms with Gasteiger partial charge in [-0.15, -0.1) is 0 Å². The number of hydrogen-bond donors (Lipinski definition) is 1. The lowest BCUT2D eigenvalue weighted by atomic mass is 10.0. The number of fused-ring (bicyclic) bond motifs is 1. The van der Waals surface area contributed by atoms with Crippen LogP contribution in [-0.4, -0.2) is 21.6 Å². The highest BCUT2D eigenvalue weighted by Crippen LogP contribution is 2.23. The Balaban J connectivity index is 1.66. The van der Waals surface area contributed by atoms with Gasteiger partial charge in [0, 0.05) is 0 Å². The molecule has 0 aliphatic carbocycles. The molecule has 0 radical (unpaired) electrons. The number of benzene rings is 2. The van der Waals surface area contributed by atoms with Gasteiger partial charge in [0.15, 0.2) is 0 Å². The zero-order valence-corrected chi connectivity index (χ0v) is 16.3. The average Bonchev–Trinajstić information content (AvgIpc) is 2.65. The van der Waals surface area contributed by atoms with E-state index < -0.39 is 0 Å². The molecule has 1 heterocycles. The third-order valence-electron chi connectivity index (χ3n) is 4.27. The van der Waals surface area contributed by atoms with Gasteiger partial charge < -0.3 is 5.32 Å². The van der Waals surface area contributed by atoms with E-state index in [2.05, 4.69) is 45.6 Å². The van der Waals surface area contributed by atoms with E-state index in [9.17, 15) is 10.1 Å². The van der Waals surface area contributed by atoms with Gasteiger partial charge in [-0.05, 0) is 43.2 Å². The van der Waals surface area contributed by atoms with Gasteiger partial charge >= 0.3 is 0 Å². The number of nitriles is 1. The first-order chi connectivity index (χ1) is 13.0. The van der Waals surface area contributed by atoms with Gasteiger partial charge in [-0.2, -0.15) is 5.26 Å². The molecule has 1 atom stereocenters. The lowest BCUT2D eigenvalue weighted by molar-refractivity contribution is -0.119. The van der Waals surface area contributed by atoms with E-state index in [-0.39, 0.29) is 17.7 Å². The summed E-state index contributed by atoms with van der Waals surface area (Å²) >= 11 is 1.26. The zero-order valence-electron chi connectivity index (χ0n) is 15.5. The fraction of sp³-hybridized carbons (Fsp3) is 0.238. The number of aromatic nitrogens is 2. The Morgan fingerprint density at radius 2 is 1.93 bits per heavy atom. The number of nitrogens with zero attached hydrogens (tertiary/aromatic N) is 3. The molecule has 0 fully saturated rings. The summed E-state index contributed by atoms with van der Waals surface area (Å²) in [5, 5.41) is 15.2. The fourth-order valence-corrected chi connectivity index (χ4v) is 3.78. The van der Waals surface area contributed by atoms with Crippen LogP contribution in [0.2, 0.25) is 0 Å².